The summed E-state index contributed by atoms with van der Waals surface area (Å²) in [7, 11) is 0. The SMILES string of the molecule is Cc1[nH]c(/C=C2\C(=O)Nc3ccc(C(=O)NC4(c5ccccc5)COC4)cc32)c(C)c1NC(=O)CCl. The van der Waals surface area contributed by atoms with E-state index >= 15 is 0 Å². The Bertz CT molecular complexity index is 1410. The largest absolute Gasteiger partial charge is 0.376 e. The molecule has 0 bridgehead atoms. The fourth-order valence-electron chi connectivity index (χ4n) is 4.56. The van der Waals surface area contributed by atoms with Crippen molar-refractivity contribution in [1.29, 1.82) is 0 Å². The van der Waals surface area contributed by atoms with Gasteiger partial charge in [-0.1, -0.05) is 30.3 Å². The number of carbonyl (C=O) groups excluding carboxylic acids is 3. The van der Waals surface area contributed by atoms with Crippen LogP contribution in [0.4, 0.5) is 11.4 Å². The topological polar surface area (TPSA) is 112 Å². The quantitative estimate of drug-likeness (QED) is 0.300. The number of benzene rings is 2. The zero-order chi connectivity index (χ0) is 25.4. The summed E-state index contributed by atoms with van der Waals surface area (Å²) in [4.78, 5) is 41.1. The molecule has 2 aliphatic rings. The summed E-state index contributed by atoms with van der Waals surface area (Å²) in [5.74, 6) is -0.986. The highest BCUT2D eigenvalue weighted by Gasteiger charge is 2.42. The summed E-state index contributed by atoms with van der Waals surface area (Å²) in [5, 5.41) is 8.76. The molecule has 184 valence electrons. The summed E-state index contributed by atoms with van der Waals surface area (Å²) < 4.78 is 5.44. The maximum absolute atomic E-state index is 13.3. The number of halogens is 1. The summed E-state index contributed by atoms with van der Waals surface area (Å²) in [6.45, 7) is 4.47. The van der Waals surface area contributed by atoms with Crippen molar-refractivity contribution in [1.82, 2.24) is 10.3 Å². The van der Waals surface area contributed by atoms with Gasteiger partial charge in [-0.2, -0.15) is 0 Å². The van der Waals surface area contributed by atoms with Crippen molar-refractivity contribution in [3.8, 4) is 0 Å². The van der Waals surface area contributed by atoms with E-state index in [1.54, 1.807) is 24.3 Å². The molecule has 9 heteroatoms. The number of anilines is 2. The van der Waals surface area contributed by atoms with Crippen LogP contribution < -0.4 is 16.0 Å². The van der Waals surface area contributed by atoms with Crippen molar-refractivity contribution < 1.29 is 19.1 Å². The van der Waals surface area contributed by atoms with Crippen molar-refractivity contribution in [2.24, 2.45) is 0 Å². The number of alkyl halides is 1. The third kappa shape index (κ3) is 4.19. The maximum Gasteiger partial charge on any atom is 0.256 e. The molecule has 1 fully saturated rings. The van der Waals surface area contributed by atoms with Crippen LogP contribution in [0.1, 0.15) is 38.4 Å². The first kappa shape index (κ1) is 23.8. The highest BCUT2D eigenvalue weighted by atomic mass is 35.5. The first-order chi connectivity index (χ1) is 17.3. The summed E-state index contributed by atoms with van der Waals surface area (Å²) in [5.41, 5.74) is 5.37. The monoisotopic (exact) mass is 504 g/mol. The normalized spacial score (nSPS) is 16.8. The molecule has 5 rings (SSSR count). The number of aromatic nitrogens is 1. The molecular formula is C27H25ClN4O4. The molecule has 8 nitrogen and oxygen atoms in total. The molecule has 1 saturated heterocycles. The first-order valence-electron chi connectivity index (χ1n) is 11.5. The van der Waals surface area contributed by atoms with E-state index in [0.717, 1.165) is 16.8 Å². The van der Waals surface area contributed by atoms with Crippen LogP contribution in [0, 0.1) is 13.8 Å². The summed E-state index contributed by atoms with van der Waals surface area (Å²) >= 11 is 5.63. The zero-order valence-corrected chi connectivity index (χ0v) is 20.6. The third-order valence-corrected chi connectivity index (χ3v) is 6.83. The van der Waals surface area contributed by atoms with E-state index in [2.05, 4.69) is 20.9 Å². The average Bonchev–Trinajstić information content (AvgIpc) is 3.31. The van der Waals surface area contributed by atoms with Crippen LogP contribution in [-0.4, -0.2) is 41.8 Å². The van der Waals surface area contributed by atoms with E-state index < -0.39 is 5.54 Å². The molecule has 3 heterocycles. The molecule has 0 spiro atoms. The fourth-order valence-corrected chi connectivity index (χ4v) is 4.63. The minimum absolute atomic E-state index is 0.154. The third-order valence-electron chi connectivity index (χ3n) is 6.59. The van der Waals surface area contributed by atoms with Gasteiger partial charge in [0.2, 0.25) is 5.91 Å². The van der Waals surface area contributed by atoms with E-state index in [1.165, 1.54) is 0 Å². The maximum atomic E-state index is 13.3. The van der Waals surface area contributed by atoms with E-state index in [4.69, 9.17) is 16.3 Å². The average molecular weight is 505 g/mol. The number of amides is 3. The first-order valence-corrected chi connectivity index (χ1v) is 12.0. The lowest BCUT2D eigenvalue weighted by molar-refractivity contribution is -0.114. The van der Waals surface area contributed by atoms with Crippen LogP contribution >= 0.6 is 11.6 Å². The van der Waals surface area contributed by atoms with Crippen molar-refractivity contribution >= 4 is 52.3 Å². The summed E-state index contributed by atoms with van der Waals surface area (Å²) in [6, 6.07) is 14.9. The Balaban J connectivity index is 1.45. The van der Waals surface area contributed by atoms with Crippen molar-refractivity contribution in [3.63, 3.8) is 0 Å². The van der Waals surface area contributed by atoms with E-state index in [1.807, 2.05) is 44.2 Å². The Morgan fingerprint density at radius 3 is 2.56 bits per heavy atom. The number of carbonyl (C=O) groups is 3. The molecule has 3 aromatic rings. The molecule has 1 aromatic heterocycles. The predicted octanol–water partition coefficient (Wildman–Crippen LogP) is 3.96. The van der Waals surface area contributed by atoms with Gasteiger partial charge < -0.3 is 25.7 Å². The predicted molar refractivity (Wildman–Crippen MR) is 139 cm³/mol. The second-order valence-corrected chi connectivity index (χ2v) is 9.28. The van der Waals surface area contributed by atoms with Gasteiger partial charge in [-0.15, -0.1) is 11.6 Å². The lowest BCUT2D eigenvalue weighted by atomic mass is 9.87. The highest BCUT2D eigenvalue weighted by molar-refractivity contribution is 6.35. The minimum atomic E-state index is -0.577. The van der Waals surface area contributed by atoms with Gasteiger partial charge in [0.05, 0.1) is 24.5 Å². The zero-order valence-electron chi connectivity index (χ0n) is 19.8. The molecular weight excluding hydrogens is 480 g/mol. The van der Waals surface area contributed by atoms with E-state index in [9.17, 15) is 14.4 Å². The number of ether oxygens (including phenoxy) is 1. The Kier molecular flexibility index (Phi) is 6.15. The summed E-state index contributed by atoms with van der Waals surface area (Å²) in [6.07, 6.45) is 1.73. The van der Waals surface area contributed by atoms with Crippen LogP contribution in [-0.2, 0) is 19.9 Å². The van der Waals surface area contributed by atoms with Gasteiger partial charge in [0.25, 0.3) is 11.8 Å². The molecule has 2 aliphatic heterocycles. The molecule has 0 aliphatic carbocycles. The standard InChI is InChI=1S/C27H25ClN4O4/c1-15-22(29-16(2)24(15)31-23(33)12-28)11-20-19-10-17(8-9-21(19)30-26(20)35)25(34)32-27(13-36-14-27)18-6-4-3-5-7-18/h3-11,29H,12-14H2,1-2H3,(H,30,35)(H,31,33)(H,32,34)/b20-11-. The number of fused-ring (bicyclic) bond motifs is 1. The molecule has 2 aromatic carbocycles. The van der Waals surface area contributed by atoms with Crippen molar-refractivity contribution in [2.75, 3.05) is 29.7 Å². The van der Waals surface area contributed by atoms with Gasteiger partial charge >= 0.3 is 0 Å². The second kappa shape index (κ2) is 9.29. The van der Waals surface area contributed by atoms with Gasteiger partial charge in [0.15, 0.2) is 0 Å². The number of aromatic amines is 1. The number of hydrogen-bond acceptors (Lipinski definition) is 4. The van der Waals surface area contributed by atoms with Crippen LogP contribution in [0.5, 0.6) is 0 Å². The van der Waals surface area contributed by atoms with E-state index in [-0.39, 0.29) is 23.6 Å². The highest BCUT2D eigenvalue weighted by Crippen LogP contribution is 2.36. The van der Waals surface area contributed by atoms with Gasteiger partial charge in [-0.3, -0.25) is 14.4 Å². The van der Waals surface area contributed by atoms with E-state index in [0.29, 0.717) is 47.0 Å². The molecule has 0 atom stereocenters. The number of hydrogen-bond donors (Lipinski definition) is 4. The van der Waals surface area contributed by atoms with Crippen molar-refractivity contribution in [2.45, 2.75) is 19.4 Å². The molecule has 0 saturated carbocycles. The van der Waals surface area contributed by atoms with Crippen LogP contribution in [0.2, 0.25) is 0 Å². The van der Waals surface area contributed by atoms with Crippen LogP contribution in [0.25, 0.3) is 11.6 Å². The number of nitrogens with one attached hydrogen (secondary N) is 4. The number of aryl methyl sites for hydroxylation is 1. The molecule has 36 heavy (non-hydrogen) atoms. The lowest BCUT2D eigenvalue weighted by Crippen LogP contribution is -2.59. The van der Waals surface area contributed by atoms with Gasteiger partial charge in [0.1, 0.15) is 11.4 Å². The molecule has 4 N–H and O–H groups in total. The van der Waals surface area contributed by atoms with Gasteiger partial charge in [0, 0.05) is 28.2 Å². The minimum Gasteiger partial charge on any atom is -0.376 e. The Morgan fingerprint density at radius 2 is 1.89 bits per heavy atom. The molecule has 0 radical (unpaired) electrons. The Labute approximate surface area is 213 Å². The Hall–Kier alpha value is -3.88. The van der Waals surface area contributed by atoms with Crippen LogP contribution in [0.3, 0.4) is 0 Å². The second-order valence-electron chi connectivity index (χ2n) is 9.01. The lowest BCUT2D eigenvalue weighted by Gasteiger charge is -2.42. The van der Waals surface area contributed by atoms with Crippen molar-refractivity contribution in [3.05, 3.63) is 82.2 Å². The number of rotatable bonds is 6. The van der Waals surface area contributed by atoms with Gasteiger partial charge in [-0.25, -0.2) is 0 Å². The fraction of sp³-hybridized carbons (Fsp3) is 0.222. The Morgan fingerprint density at radius 1 is 1.14 bits per heavy atom. The number of H-pyrrole nitrogens is 1. The molecule has 0 unspecified atom stereocenters. The molecule has 3 amide bonds. The van der Waals surface area contributed by atoms with Gasteiger partial charge in [-0.05, 0) is 49.2 Å². The van der Waals surface area contributed by atoms with Crippen LogP contribution in [0.15, 0.2) is 48.5 Å². The smallest absolute Gasteiger partial charge is 0.256 e.